The summed E-state index contributed by atoms with van der Waals surface area (Å²) in [6.07, 6.45) is 2.42. The van der Waals surface area contributed by atoms with Crippen LogP contribution in [0.15, 0.2) is 83.6 Å². The fourth-order valence-corrected chi connectivity index (χ4v) is 6.87. The SMILES string of the molecule is CC.CC.CC.CC.C[C@@H](c1ccccc1)N1CCc2sccc2C1.C[C@H](c1ccccc1)N1CCc2sccc2C1.[CH3-].[CH3-].[Y].[Y]. The number of benzene rings is 2. The third-order valence-corrected chi connectivity index (χ3v) is 9.38. The number of hydrogen-bond acceptors (Lipinski definition) is 4. The Morgan fingerprint density at radius 1 is 0.500 bits per heavy atom. The fourth-order valence-electron chi connectivity index (χ4n) is 5.09. The molecule has 0 bridgehead atoms. The van der Waals surface area contributed by atoms with Gasteiger partial charge in [-0.3, -0.25) is 9.80 Å². The van der Waals surface area contributed by atoms with E-state index in [0.29, 0.717) is 12.1 Å². The molecule has 2 nitrogen and oxygen atoms in total. The number of nitrogens with zero attached hydrogens (tertiary/aromatic N) is 2. The Kier molecular flexibility index (Phi) is 36.9. The van der Waals surface area contributed by atoms with Gasteiger partial charge in [0.1, 0.15) is 0 Å². The summed E-state index contributed by atoms with van der Waals surface area (Å²) in [6, 6.07) is 27.2. The Balaban J connectivity index is -0.000000294. The number of fused-ring (bicyclic) bond motifs is 2. The first kappa shape index (κ1) is 52.8. The van der Waals surface area contributed by atoms with Crippen LogP contribution >= 0.6 is 22.7 Å². The van der Waals surface area contributed by atoms with Gasteiger partial charge in [0.15, 0.2) is 0 Å². The molecule has 0 saturated carbocycles. The van der Waals surface area contributed by atoms with Gasteiger partial charge in [-0.25, -0.2) is 0 Å². The Morgan fingerprint density at radius 3 is 1.11 bits per heavy atom. The molecule has 0 fully saturated rings. The minimum Gasteiger partial charge on any atom is -0.358 e. The predicted molar refractivity (Wildman–Crippen MR) is 205 cm³/mol. The summed E-state index contributed by atoms with van der Waals surface area (Å²) in [4.78, 5) is 8.32. The maximum absolute atomic E-state index is 2.57. The van der Waals surface area contributed by atoms with Crippen LogP contribution in [-0.2, 0) is 91.3 Å². The van der Waals surface area contributed by atoms with Crippen LogP contribution in [-0.4, -0.2) is 22.9 Å². The van der Waals surface area contributed by atoms with E-state index >= 15 is 0 Å². The molecule has 4 heterocycles. The van der Waals surface area contributed by atoms with Crippen LogP contribution in [0.2, 0.25) is 0 Å². The van der Waals surface area contributed by atoms with Crippen LogP contribution in [0.5, 0.6) is 0 Å². The van der Waals surface area contributed by atoms with Crippen molar-refractivity contribution in [1.82, 2.24) is 9.80 Å². The van der Waals surface area contributed by atoms with Gasteiger partial charge in [0.2, 0.25) is 0 Å². The summed E-state index contributed by atoms with van der Waals surface area (Å²) in [5.41, 5.74) is 5.91. The summed E-state index contributed by atoms with van der Waals surface area (Å²) < 4.78 is 0. The third kappa shape index (κ3) is 16.6. The van der Waals surface area contributed by atoms with Gasteiger partial charge in [0.05, 0.1) is 0 Å². The molecule has 4 aromatic rings. The van der Waals surface area contributed by atoms with E-state index in [1.807, 2.05) is 78.1 Å². The molecule has 0 saturated heterocycles. The molecule has 2 aliphatic rings. The van der Waals surface area contributed by atoms with E-state index in [-0.39, 0.29) is 80.3 Å². The first-order valence-electron chi connectivity index (χ1n) is 16.4. The number of hydrogen-bond donors (Lipinski definition) is 0. The molecule has 0 N–H and O–H groups in total. The monoisotopic (exact) mass is 814 g/mol. The molecule has 0 unspecified atom stereocenters. The molecular formula is C40H64N2S2Y2-2. The summed E-state index contributed by atoms with van der Waals surface area (Å²) in [6.45, 7) is 25.2. The van der Waals surface area contributed by atoms with Gasteiger partial charge in [0.25, 0.3) is 0 Å². The Morgan fingerprint density at radius 2 is 0.804 bits per heavy atom. The van der Waals surface area contributed by atoms with Gasteiger partial charge in [0, 0.05) is 113 Å². The molecule has 2 aromatic carbocycles. The summed E-state index contributed by atoms with van der Waals surface area (Å²) in [5.74, 6) is 0. The van der Waals surface area contributed by atoms with Crippen LogP contribution in [0.3, 0.4) is 0 Å². The largest absolute Gasteiger partial charge is 0.358 e. The van der Waals surface area contributed by atoms with Crippen molar-refractivity contribution < 1.29 is 65.4 Å². The third-order valence-electron chi connectivity index (χ3n) is 7.33. The summed E-state index contributed by atoms with van der Waals surface area (Å²) >= 11 is 3.82. The molecule has 254 valence electrons. The van der Waals surface area contributed by atoms with Gasteiger partial charge in [-0.15, -0.1) is 22.7 Å². The van der Waals surface area contributed by atoms with E-state index in [2.05, 4.69) is 107 Å². The normalized spacial score (nSPS) is 13.6. The molecule has 2 aliphatic heterocycles. The quantitative estimate of drug-likeness (QED) is 0.189. The molecule has 0 amide bonds. The zero-order valence-electron chi connectivity index (χ0n) is 31.3. The van der Waals surface area contributed by atoms with Crippen molar-refractivity contribution in [3.8, 4) is 0 Å². The molecule has 46 heavy (non-hydrogen) atoms. The van der Waals surface area contributed by atoms with Crippen LogP contribution in [0.4, 0.5) is 0 Å². The summed E-state index contributed by atoms with van der Waals surface area (Å²) in [7, 11) is 0. The van der Waals surface area contributed by atoms with E-state index < -0.39 is 0 Å². The van der Waals surface area contributed by atoms with E-state index in [1.165, 1.54) is 48.2 Å². The molecule has 2 aromatic heterocycles. The summed E-state index contributed by atoms with van der Waals surface area (Å²) in [5, 5.41) is 4.45. The maximum atomic E-state index is 2.57. The van der Waals surface area contributed by atoms with E-state index in [0.717, 1.165) is 13.1 Å². The topological polar surface area (TPSA) is 6.48 Å². The molecule has 2 radical (unpaired) electrons. The van der Waals surface area contributed by atoms with Gasteiger partial charge in [-0.05, 0) is 71.8 Å². The molecule has 0 aliphatic carbocycles. The number of thiophene rings is 2. The van der Waals surface area contributed by atoms with Crippen molar-refractivity contribution in [3.63, 3.8) is 0 Å². The van der Waals surface area contributed by atoms with Crippen molar-refractivity contribution in [2.45, 2.75) is 107 Å². The van der Waals surface area contributed by atoms with Gasteiger partial charge in [-0.1, -0.05) is 116 Å². The minimum absolute atomic E-state index is 0. The van der Waals surface area contributed by atoms with E-state index in [9.17, 15) is 0 Å². The van der Waals surface area contributed by atoms with Crippen LogP contribution in [0.25, 0.3) is 0 Å². The molecule has 6 rings (SSSR count). The standard InChI is InChI=1S/2C15H17NS.4C2H6.2CH3.2Y/c2*1-12(13-5-3-2-4-6-13)16-9-7-15-14(11-16)8-10-17-15;4*1-2;;;;/h2*2-6,8,10,12H,7,9,11H2,1H3;4*1-2H3;2*1H3;;/q;;;;;;2*-1;;/t2*12-;;;;;;;;/m10......../s1. The average molecular weight is 815 g/mol. The maximum Gasteiger partial charge on any atom is 0.0323 e. The van der Waals surface area contributed by atoms with Crippen molar-refractivity contribution in [1.29, 1.82) is 0 Å². The first-order chi connectivity index (χ1) is 20.7. The van der Waals surface area contributed by atoms with Gasteiger partial charge >= 0.3 is 0 Å². The zero-order chi connectivity index (χ0) is 31.3. The van der Waals surface area contributed by atoms with Crippen LogP contribution < -0.4 is 0 Å². The second-order valence-electron chi connectivity index (χ2n) is 9.35. The molecular weight excluding hydrogens is 750 g/mol. The van der Waals surface area contributed by atoms with Gasteiger partial charge < -0.3 is 14.9 Å². The van der Waals surface area contributed by atoms with Gasteiger partial charge in [-0.2, -0.15) is 0 Å². The smallest absolute Gasteiger partial charge is 0.0323 e. The Bertz CT molecular complexity index is 1080. The van der Waals surface area contributed by atoms with Crippen molar-refractivity contribution >= 4 is 22.7 Å². The first-order valence-corrected chi connectivity index (χ1v) is 18.1. The zero-order valence-corrected chi connectivity index (χ0v) is 38.7. The molecule has 2 atom stereocenters. The fraction of sp³-hybridized carbons (Fsp3) is 0.450. The van der Waals surface area contributed by atoms with Crippen molar-refractivity contribution in [2.24, 2.45) is 0 Å². The Hall–Kier alpha value is -0.0322. The second-order valence-corrected chi connectivity index (χ2v) is 11.4. The second kappa shape index (κ2) is 32.2. The van der Waals surface area contributed by atoms with Crippen molar-refractivity contribution in [2.75, 3.05) is 13.1 Å². The average Bonchev–Trinajstić information content (AvgIpc) is 3.78. The minimum atomic E-state index is 0. The van der Waals surface area contributed by atoms with E-state index in [1.54, 1.807) is 9.75 Å². The number of rotatable bonds is 4. The van der Waals surface area contributed by atoms with Crippen LogP contribution in [0, 0.1) is 14.9 Å². The van der Waals surface area contributed by atoms with Crippen molar-refractivity contribution in [3.05, 3.63) is 130 Å². The van der Waals surface area contributed by atoms with E-state index in [4.69, 9.17) is 0 Å². The van der Waals surface area contributed by atoms with Crippen LogP contribution in [0.1, 0.15) is 113 Å². The predicted octanol–water partition coefficient (Wildman–Crippen LogP) is 12.7. The molecule has 6 heteroatoms. The Labute approximate surface area is 344 Å². The molecule has 0 spiro atoms.